The molecule has 0 spiro atoms. The standard InChI is InChI=1S/C25H15F9NOP/c1-14-13-36-22(35-14)20-12-17(25(32,33)34)6-11-21(20)37(18-7-2-15(3-8-18)23(26,27)28)19-9-4-16(5-10-19)24(29,30)31/h2-13H,1H3. The summed E-state index contributed by atoms with van der Waals surface area (Å²) in [6, 6.07) is 10.7. The maximum atomic E-state index is 13.5. The van der Waals surface area contributed by atoms with E-state index in [9.17, 15) is 39.5 Å². The summed E-state index contributed by atoms with van der Waals surface area (Å²) in [5.74, 6) is -0.162. The summed E-state index contributed by atoms with van der Waals surface area (Å²) in [6.07, 6.45) is -12.8. The van der Waals surface area contributed by atoms with E-state index in [1.165, 1.54) is 6.26 Å². The molecule has 1 aromatic heterocycles. The van der Waals surface area contributed by atoms with Crippen molar-refractivity contribution < 1.29 is 43.9 Å². The first kappa shape index (κ1) is 26.7. The Bertz CT molecular complexity index is 1330. The minimum Gasteiger partial charge on any atom is -0.444 e. The molecule has 0 aliphatic carbocycles. The lowest BCUT2D eigenvalue weighted by Gasteiger charge is -2.23. The van der Waals surface area contributed by atoms with Gasteiger partial charge in [0.25, 0.3) is 0 Å². The molecule has 2 nitrogen and oxygen atoms in total. The van der Waals surface area contributed by atoms with Crippen molar-refractivity contribution in [2.75, 3.05) is 0 Å². The molecule has 0 saturated heterocycles. The number of rotatable bonds is 4. The largest absolute Gasteiger partial charge is 0.444 e. The van der Waals surface area contributed by atoms with Gasteiger partial charge in [0.05, 0.1) is 22.4 Å². The van der Waals surface area contributed by atoms with Crippen molar-refractivity contribution in [3.05, 3.63) is 95.4 Å². The lowest BCUT2D eigenvalue weighted by atomic mass is 10.1. The van der Waals surface area contributed by atoms with Gasteiger partial charge >= 0.3 is 18.5 Å². The third-order valence-corrected chi connectivity index (χ3v) is 7.82. The summed E-state index contributed by atoms with van der Waals surface area (Å²) in [7, 11) is -1.93. The first-order chi connectivity index (χ1) is 17.1. The van der Waals surface area contributed by atoms with Crippen LogP contribution in [-0.4, -0.2) is 4.98 Å². The van der Waals surface area contributed by atoms with Crippen molar-refractivity contribution in [2.24, 2.45) is 0 Å². The number of alkyl halides is 9. The second-order valence-electron chi connectivity index (χ2n) is 7.95. The van der Waals surface area contributed by atoms with Crippen LogP contribution in [0.25, 0.3) is 11.5 Å². The fraction of sp³-hybridized carbons (Fsp3) is 0.160. The molecule has 37 heavy (non-hydrogen) atoms. The molecule has 3 aromatic carbocycles. The number of halogens is 9. The summed E-state index contributed by atoms with van der Waals surface area (Å²) in [4.78, 5) is 4.11. The Morgan fingerprint density at radius 3 is 1.43 bits per heavy atom. The van der Waals surface area contributed by atoms with E-state index in [-0.39, 0.29) is 27.4 Å². The van der Waals surface area contributed by atoms with Crippen LogP contribution in [0.2, 0.25) is 0 Å². The van der Waals surface area contributed by atoms with Crippen LogP contribution in [0.1, 0.15) is 22.4 Å². The fourth-order valence-corrected chi connectivity index (χ4v) is 5.96. The van der Waals surface area contributed by atoms with Gasteiger partial charge in [-0.15, -0.1) is 0 Å². The van der Waals surface area contributed by atoms with E-state index < -0.39 is 43.1 Å². The van der Waals surface area contributed by atoms with Crippen LogP contribution in [-0.2, 0) is 18.5 Å². The molecule has 194 valence electrons. The molecule has 4 aromatic rings. The highest BCUT2D eigenvalue weighted by Crippen LogP contribution is 2.41. The first-order valence-electron chi connectivity index (χ1n) is 10.4. The van der Waals surface area contributed by atoms with Crippen molar-refractivity contribution in [1.29, 1.82) is 0 Å². The van der Waals surface area contributed by atoms with Crippen LogP contribution in [0, 0.1) is 6.92 Å². The third kappa shape index (κ3) is 5.82. The maximum absolute atomic E-state index is 13.5. The number of hydrogen-bond acceptors (Lipinski definition) is 2. The monoisotopic (exact) mass is 547 g/mol. The Kier molecular flexibility index (Phi) is 6.88. The molecule has 1 heterocycles. The molecule has 0 radical (unpaired) electrons. The first-order valence-corrected chi connectivity index (χ1v) is 11.8. The molecule has 0 amide bonds. The Morgan fingerprint density at radius 2 is 1.05 bits per heavy atom. The maximum Gasteiger partial charge on any atom is 0.416 e. The number of aromatic nitrogens is 1. The molecule has 0 bridgehead atoms. The second-order valence-corrected chi connectivity index (χ2v) is 10.1. The van der Waals surface area contributed by atoms with Crippen molar-refractivity contribution in [3.8, 4) is 11.5 Å². The number of nitrogens with zero attached hydrogens (tertiary/aromatic N) is 1. The van der Waals surface area contributed by atoms with Gasteiger partial charge in [-0.05, 0) is 67.2 Å². The van der Waals surface area contributed by atoms with Gasteiger partial charge in [0.1, 0.15) is 6.26 Å². The summed E-state index contributed by atoms with van der Waals surface area (Å²) >= 11 is 0. The van der Waals surface area contributed by atoms with Crippen molar-refractivity contribution in [3.63, 3.8) is 0 Å². The molecular formula is C25H15F9NOP. The predicted octanol–water partition coefficient (Wildman–Crippen LogP) is 7.46. The van der Waals surface area contributed by atoms with E-state index in [4.69, 9.17) is 4.42 Å². The number of aryl methyl sites for hydroxylation is 1. The highest BCUT2D eigenvalue weighted by atomic mass is 31.1. The minimum absolute atomic E-state index is 0.0752. The SMILES string of the molecule is Cc1coc(-c2cc(C(F)(F)F)ccc2P(c2ccc(C(F)(F)F)cc2)c2ccc(C(F)(F)F)cc2)n1. The van der Waals surface area contributed by atoms with E-state index in [1.54, 1.807) is 6.92 Å². The van der Waals surface area contributed by atoms with Crippen LogP contribution in [0.3, 0.4) is 0 Å². The molecule has 0 aliphatic heterocycles. The van der Waals surface area contributed by atoms with Gasteiger partial charge in [-0.1, -0.05) is 30.3 Å². The van der Waals surface area contributed by atoms with Gasteiger partial charge in [0.15, 0.2) is 0 Å². The van der Waals surface area contributed by atoms with E-state index in [1.807, 2.05) is 0 Å². The molecule has 0 N–H and O–H groups in total. The average Bonchev–Trinajstić information content (AvgIpc) is 3.24. The zero-order chi connectivity index (χ0) is 27.2. The predicted molar refractivity (Wildman–Crippen MR) is 120 cm³/mol. The van der Waals surface area contributed by atoms with Gasteiger partial charge in [0.2, 0.25) is 5.89 Å². The van der Waals surface area contributed by atoms with Crippen LogP contribution >= 0.6 is 7.92 Å². The van der Waals surface area contributed by atoms with Crippen molar-refractivity contribution in [1.82, 2.24) is 4.98 Å². The highest BCUT2D eigenvalue weighted by Gasteiger charge is 2.35. The minimum atomic E-state index is -4.72. The number of benzene rings is 3. The Hall–Kier alpha value is -3.33. The molecule has 4 rings (SSSR count). The zero-order valence-corrected chi connectivity index (χ0v) is 19.5. The molecule has 0 atom stereocenters. The smallest absolute Gasteiger partial charge is 0.416 e. The molecule has 0 aliphatic rings. The van der Waals surface area contributed by atoms with Crippen LogP contribution in [0.5, 0.6) is 0 Å². The van der Waals surface area contributed by atoms with Crippen molar-refractivity contribution >= 4 is 23.8 Å². The summed E-state index contributed by atoms with van der Waals surface area (Å²) in [5.41, 5.74) is -2.62. The normalized spacial score (nSPS) is 12.8. The molecule has 0 fully saturated rings. The van der Waals surface area contributed by atoms with Gasteiger partial charge in [-0.2, -0.15) is 39.5 Å². The molecule has 0 unspecified atom stereocenters. The summed E-state index contributed by atoms with van der Waals surface area (Å²) < 4.78 is 125. The van der Waals surface area contributed by atoms with Gasteiger partial charge in [-0.25, -0.2) is 4.98 Å². The average molecular weight is 547 g/mol. The van der Waals surface area contributed by atoms with E-state index in [2.05, 4.69) is 4.98 Å². The lowest BCUT2D eigenvalue weighted by Crippen LogP contribution is -2.24. The zero-order valence-electron chi connectivity index (χ0n) is 18.6. The van der Waals surface area contributed by atoms with Gasteiger partial charge in [-0.3, -0.25) is 0 Å². The number of oxazole rings is 1. The summed E-state index contributed by atoms with van der Waals surface area (Å²) in [5, 5.41) is 0.753. The topological polar surface area (TPSA) is 26.0 Å². The van der Waals surface area contributed by atoms with E-state index in [0.717, 1.165) is 66.7 Å². The van der Waals surface area contributed by atoms with E-state index in [0.29, 0.717) is 5.69 Å². The highest BCUT2D eigenvalue weighted by molar-refractivity contribution is 7.80. The van der Waals surface area contributed by atoms with Crippen molar-refractivity contribution in [2.45, 2.75) is 25.5 Å². The van der Waals surface area contributed by atoms with Gasteiger partial charge < -0.3 is 4.42 Å². The fourth-order valence-electron chi connectivity index (χ4n) is 3.58. The second kappa shape index (κ2) is 9.52. The molecule has 0 saturated carbocycles. The number of hydrogen-bond donors (Lipinski definition) is 0. The van der Waals surface area contributed by atoms with Crippen LogP contribution in [0.4, 0.5) is 39.5 Å². The lowest BCUT2D eigenvalue weighted by molar-refractivity contribution is -0.138. The Morgan fingerprint density at radius 1 is 0.622 bits per heavy atom. The van der Waals surface area contributed by atoms with E-state index >= 15 is 0 Å². The third-order valence-electron chi connectivity index (χ3n) is 5.32. The molecule has 12 heteroatoms. The summed E-state index contributed by atoms with van der Waals surface area (Å²) in [6.45, 7) is 1.55. The van der Waals surface area contributed by atoms with Crippen LogP contribution in [0.15, 0.2) is 77.4 Å². The quantitative estimate of drug-likeness (QED) is 0.196. The van der Waals surface area contributed by atoms with Crippen LogP contribution < -0.4 is 15.9 Å². The molecular weight excluding hydrogens is 532 g/mol. The Labute approximate surface area is 205 Å². The Balaban J connectivity index is 1.95. The van der Waals surface area contributed by atoms with Gasteiger partial charge in [0, 0.05) is 5.56 Å².